The van der Waals surface area contributed by atoms with Gasteiger partial charge in [-0.05, 0) is 42.5 Å². The molecule has 110 valence electrons. The van der Waals surface area contributed by atoms with Crippen molar-refractivity contribution < 1.29 is 13.6 Å². The van der Waals surface area contributed by atoms with E-state index in [1.54, 1.807) is 24.3 Å². The third kappa shape index (κ3) is 3.07. The van der Waals surface area contributed by atoms with Crippen LogP contribution in [0.2, 0.25) is 0 Å². The lowest BCUT2D eigenvalue weighted by Crippen LogP contribution is -2.12. The van der Waals surface area contributed by atoms with Crippen molar-refractivity contribution in [2.45, 2.75) is 0 Å². The van der Waals surface area contributed by atoms with Crippen LogP contribution in [0.3, 0.4) is 0 Å². The van der Waals surface area contributed by atoms with Crippen LogP contribution < -0.4 is 10.9 Å². The highest BCUT2D eigenvalue weighted by atomic mass is 79.9. The molecule has 0 spiro atoms. The summed E-state index contributed by atoms with van der Waals surface area (Å²) in [7, 11) is 0. The molecule has 0 aliphatic rings. The Bertz CT molecular complexity index is 916. The number of nitrogens with one attached hydrogen (secondary N) is 1. The smallest absolute Gasteiger partial charge is 0.336 e. The molecule has 1 amide bonds. The lowest BCUT2D eigenvalue weighted by Gasteiger charge is -2.07. The van der Waals surface area contributed by atoms with Gasteiger partial charge in [-0.1, -0.05) is 15.9 Å². The monoisotopic (exact) mass is 361 g/mol. The minimum Gasteiger partial charge on any atom is -0.423 e. The summed E-state index contributed by atoms with van der Waals surface area (Å²) in [5.41, 5.74) is 0.714. The van der Waals surface area contributed by atoms with E-state index in [1.807, 2.05) is 0 Å². The summed E-state index contributed by atoms with van der Waals surface area (Å²) in [6.45, 7) is 0. The molecular formula is C16H9BrFNO3. The van der Waals surface area contributed by atoms with Crippen molar-refractivity contribution in [3.05, 3.63) is 74.8 Å². The number of hydrogen-bond donors (Lipinski definition) is 1. The largest absolute Gasteiger partial charge is 0.423 e. The van der Waals surface area contributed by atoms with Crippen molar-refractivity contribution in [3.63, 3.8) is 0 Å². The van der Waals surface area contributed by atoms with Crippen LogP contribution in [0.1, 0.15) is 10.4 Å². The number of rotatable bonds is 2. The van der Waals surface area contributed by atoms with Crippen LogP contribution in [0.4, 0.5) is 10.1 Å². The zero-order chi connectivity index (χ0) is 15.7. The fourth-order valence-corrected chi connectivity index (χ4v) is 2.50. The summed E-state index contributed by atoms with van der Waals surface area (Å²) < 4.78 is 18.8. The van der Waals surface area contributed by atoms with Gasteiger partial charge in [-0.3, -0.25) is 4.79 Å². The minimum absolute atomic E-state index is 0.201. The van der Waals surface area contributed by atoms with Crippen LogP contribution in [0.25, 0.3) is 11.0 Å². The fourth-order valence-electron chi connectivity index (χ4n) is 2.04. The Morgan fingerprint density at radius 3 is 2.68 bits per heavy atom. The Labute approximate surface area is 132 Å². The van der Waals surface area contributed by atoms with E-state index in [2.05, 4.69) is 21.2 Å². The molecule has 0 saturated carbocycles. The summed E-state index contributed by atoms with van der Waals surface area (Å²) in [4.78, 5) is 23.3. The molecule has 0 saturated heterocycles. The second-order valence-electron chi connectivity index (χ2n) is 4.62. The molecule has 1 heterocycles. The number of fused-ring (bicyclic) bond motifs is 1. The maximum Gasteiger partial charge on any atom is 0.336 e. The molecule has 2 aromatic carbocycles. The van der Waals surface area contributed by atoms with Gasteiger partial charge in [-0.15, -0.1) is 0 Å². The van der Waals surface area contributed by atoms with Gasteiger partial charge in [-0.2, -0.15) is 0 Å². The Morgan fingerprint density at radius 1 is 1.09 bits per heavy atom. The first-order valence-corrected chi connectivity index (χ1v) is 7.12. The van der Waals surface area contributed by atoms with E-state index in [-0.39, 0.29) is 5.56 Å². The first-order valence-electron chi connectivity index (χ1n) is 6.33. The van der Waals surface area contributed by atoms with Gasteiger partial charge < -0.3 is 9.73 Å². The topological polar surface area (TPSA) is 59.3 Å². The van der Waals surface area contributed by atoms with E-state index < -0.39 is 17.3 Å². The molecule has 0 atom stereocenters. The average molecular weight is 362 g/mol. The van der Waals surface area contributed by atoms with E-state index in [0.717, 1.165) is 6.07 Å². The SMILES string of the molecule is O=C(Nc1ccc2oc(=O)ccc2c1)c1cc(F)cc(Br)c1. The summed E-state index contributed by atoms with van der Waals surface area (Å²) >= 11 is 3.14. The number of halogens is 2. The van der Waals surface area contributed by atoms with Crippen molar-refractivity contribution >= 4 is 38.5 Å². The van der Waals surface area contributed by atoms with Gasteiger partial charge in [0.15, 0.2) is 0 Å². The van der Waals surface area contributed by atoms with Crippen molar-refractivity contribution in [1.29, 1.82) is 0 Å². The van der Waals surface area contributed by atoms with Gasteiger partial charge in [0, 0.05) is 27.2 Å². The van der Waals surface area contributed by atoms with Gasteiger partial charge in [0.25, 0.3) is 5.91 Å². The second kappa shape index (κ2) is 5.73. The molecule has 0 radical (unpaired) electrons. The molecule has 22 heavy (non-hydrogen) atoms. The summed E-state index contributed by atoms with van der Waals surface area (Å²) in [6.07, 6.45) is 0. The lowest BCUT2D eigenvalue weighted by atomic mass is 10.2. The molecule has 1 aromatic heterocycles. The second-order valence-corrected chi connectivity index (χ2v) is 5.53. The number of carbonyl (C=O) groups is 1. The number of hydrogen-bond acceptors (Lipinski definition) is 3. The molecule has 0 aliphatic carbocycles. The predicted octanol–water partition coefficient (Wildman–Crippen LogP) is 3.95. The van der Waals surface area contributed by atoms with E-state index in [0.29, 0.717) is 21.1 Å². The summed E-state index contributed by atoms with van der Waals surface area (Å²) in [5, 5.41) is 3.35. The van der Waals surface area contributed by atoms with E-state index in [9.17, 15) is 14.0 Å². The van der Waals surface area contributed by atoms with Gasteiger partial charge in [0.05, 0.1) is 0 Å². The molecule has 0 fully saturated rings. The Hall–Kier alpha value is -2.47. The van der Waals surface area contributed by atoms with E-state index in [1.165, 1.54) is 18.2 Å². The standard InChI is InChI=1S/C16H9BrFNO3/c17-11-5-10(6-12(18)8-11)16(21)19-13-2-3-14-9(7-13)1-4-15(20)22-14/h1-8H,(H,19,21). The first-order chi connectivity index (χ1) is 10.5. The maximum atomic E-state index is 13.3. The van der Waals surface area contributed by atoms with Gasteiger partial charge >= 0.3 is 5.63 Å². The first kappa shape index (κ1) is 14.5. The Kier molecular flexibility index (Phi) is 3.77. The van der Waals surface area contributed by atoms with Gasteiger partial charge in [0.1, 0.15) is 11.4 Å². The van der Waals surface area contributed by atoms with Gasteiger partial charge in [0.2, 0.25) is 0 Å². The zero-order valence-corrected chi connectivity index (χ0v) is 12.7. The summed E-state index contributed by atoms with van der Waals surface area (Å²) in [6, 6.07) is 11.7. The average Bonchev–Trinajstić information content (AvgIpc) is 2.46. The van der Waals surface area contributed by atoms with Crippen molar-refractivity contribution in [3.8, 4) is 0 Å². The molecule has 0 unspecified atom stereocenters. The van der Waals surface area contributed by atoms with Crippen LogP contribution in [0, 0.1) is 5.82 Å². The van der Waals surface area contributed by atoms with Crippen molar-refractivity contribution in [2.24, 2.45) is 0 Å². The molecular weight excluding hydrogens is 353 g/mol. The Morgan fingerprint density at radius 2 is 1.91 bits per heavy atom. The normalized spacial score (nSPS) is 10.6. The number of amides is 1. The zero-order valence-electron chi connectivity index (χ0n) is 11.1. The van der Waals surface area contributed by atoms with Gasteiger partial charge in [-0.25, -0.2) is 9.18 Å². The van der Waals surface area contributed by atoms with E-state index >= 15 is 0 Å². The number of anilines is 1. The third-order valence-corrected chi connectivity index (χ3v) is 3.46. The highest BCUT2D eigenvalue weighted by molar-refractivity contribution is 9.10. The highest BCUT2D eigenvalue weighted by Gasteiger charge is 2.09. The lowest BCUT2D eigenvalue weighted by molar-refractivity contribution is 0.102. The molecule has 6 heteroatoms. The van der Waals surface area contributed by atoms with Crippen LogP contribution in [0.15, 0.2) is 62.2 Å². The summed E-state index contributed by atoms with van der Waals surface area (Å²) in [5.74, 6) is -0.934. The highest BCUT2D eigenvalue weighted by Crippen LogP contribution is 2.20. The van der Waals surface area contributed by atoms with Crippen LogP contribution in [-0.4, -0.2) is 5.91 Å². The molecule has 0 bridgehead atoms. The molecule has 0 aliphatic heterocycles. The van der Waals surface area contributed by atoms with Crippen LogP contribution >= 0.6 is 15.9 Å². The molecule has 3 rings (SSSR count). The van der Waals surface area contributed by atoms with Crippen molar-refractivity contribution in [2.75, 3.05) is 5.32 Å². The quantitative estimate of drug-likeness (QED) is 0.703. The third-order valence-electron chi connectivity index (χ3n) is 3.00. The predicted molar refractivity (Wildman–Crippen MR) is 84.5 cm³/mol. The van der Waals surface area contributed by atoms with E-state index in [4.69, 9.17) is 4.42 Å². The molecule has 4 nitrogen and oxygen atoms in total. The Balaban J connectivity index is 1.90. The minimum atomic E-state index is -0.500. The number of carbonyl (C=O) groups excluding carboxylic acids is 1. The number of benzene rings is 2. The van der Waals surface area contributed by atoms with Crippen molar-refractivity contribution in [1.82, 2.24) is 0 Å². The molecule has 3 aromatic rings. The van der Waals surface area contributed by atoms with Crippen LogP contribution in [0.5, 0.6) is 0 Å². The maximum absolute atomic E-state index is 13.3. The molecule has 1 N–H and O–H groups in total. The fraction of sp³-hybridized carbons (Fsp3) is 0. The van der Waals surface area contributed by atoms with Crippen LogP contribution in [-0.2, 0) is 0 Å².